The molecule has 94 valence electrons. The Kier molecular flexibility index (Phi) is 3.93. The third kappa shape index (κ3) is 2.85. The topological polar surface area (TPSA) is 71.4 Å². The van der Waals surface area contributed by atoms with Crippen LogP contribution in [0.25, 0.3) is 0 Å². The minimum absolute atomic E-state index is 0.0169. The van der Waals surface area contributed by atoms with Crippen molar-refractivity contribution in [2.24, 2.45) is 0 Å². The number of hydrogen-bond acceptors (Lipinski definition) is 4. The number of benzene rings is 1. The molecule has 1 unspecified atom stereocenters. The summed E-state index contributed by atoms with van der Waals surface area (Å²) in [7, 11) is -3.54. The Hall–Kier alpha value is -1.36. The monoisotopic (exact) mass is 256 g/mol. The second kappa shape index (κ2) is 4.87. The number of phenolic OH excluding ortho intramolecular Hbond substituents is 1. The minimum Gasteiger partial charge on any atom is -0.506 e. The SMILES string of the molecule is CCC(C)c1cc(C=O)c(O)c(S(C)(=O)=O)c1. The third-order valence-electron chi connectivity index (χ3n) is 2.83. The van der Waals surface area contributed by atoms with E-state index in [4.69, 9.17) is 0 Å². The van der Waals surface area contributed by atoms with Gasteiger partial charge >= 0.3 is 0 Å². The highest BCUT2D eigenvalue weighted by atomic mass is 32.2. The maximum atomic E-state index is 11.5. The van der Waals surface area contributed by atoms with Crippen LogP contribution in [0.5, 0.6) is 5.75 Å². The van der Waals surface area contributed by atoms with Crippen LogP contribution in [-0.4, -0.2) is 26.1 Å². The lowest BCUT2D eigenvalue weighted by atomic mass is 9.97. The van der Waals surface area contributed by atoms with E-state index >= 15 is 0 Å². The zero-order valence-corrected chi connectivity index (χ0v) is 10.9. The number of aldehydes is 1. The van der Waals surface area contributed by atoms with E-state index in [0.717, 1.165) is 18.2 Å². The van der Waals surface area contributed by atoms with Crippen LogP contribution in [0, 0.1) is 0 Å². The normalized spacial score (nSPS) is 13.4. The second-order valence-electron chi connectivity index (χ2n) is 4.16. The van der Waals surface area contributed by atoms with E-state index in [1.807, 2.05) is 13.8 Å². The van der Waals surface area contributed by atoms with E-state index in [9.17, 15) is 18.3 Å². The van der Waals surface area contributed by atoms with Crippen molar-refractivity contribution in [3.8, 4) is 5.75 Å². The molecule has 1 aromatic carbocycles. The van der Waals surface area contributed by atoms with Gasteiger partial charge in [0.2, 0.25) is 0 Å². The molecule has 0 saturated carbocycles. The van der Waals surface area contributed by atoms with E-state index in [1.54, 1.807) is 0 Å². The molecule has 0 heterocycles. The molecule has 0 aliphatic carbocycles. The number of hydrogen-bond donors (Lipinski definition) is 1. The Morgan fingerprint density at radius 2 is 2.00 bits per heavy atom. The molecule has 0 aliphatic rings. The van der Waals surface area contributed by atoms with E-state index in [2.05, 4.69) is 0 Å². The van der Waals surface area contributed by atoms with Gasteiger partial charge in [-0.3, -0.25) is 4.79 Å². The first-order valence-electron chi connectivity index (χ1n) is 5.33. The molecule has 0 aromatic heterocycles. The first-order chi connectivity index (χ1) is 7.81. The largest absolute Gasteiger partial charge is 0.506 e. The van der Waals surface area contributed by atoms with Crippen molar-refractivity contribution >= 4 is 16.1 Å². The average Bonchev–Trinajstić information content (AvgIpc) is 2.26. The van der Waals surface area contributed by atoms with Crippen molar-refractivity contribution in [2.45, 2.75) is 31.1 Å². The maximum Gasteiger partial charge on any atom is 0.179 e. The molecule has 0 bridgehead atoms. The van der Waals surface area contributed by atoms with Crippen molar-refractivity contribution in [3.05, 3.63) is 23.3 Å². The summed E-state index contributed by atoms with van der Waals surface area (Å²) < 4.78 is 23.0. The molecule has 1 rings (SSSR count). The summed E-state index contributed by atoms with van der Waals surface area (Å²) in [6.45, 7) is 3.91. The number of phenols is 1. The summed E-state index contributed by atoms with van der Waals surface area (Å²) in [5, 5.41) is 9.69. The smallest absolute Gasteiger partial charge is 0.179 e. The maximum absolute atomic E-state index is 11.5. The van der Waals surface area contributed by atoms with E-state index < -0.39 is 15.6 Å². The first kappa shape index (κ1) is 13.7. The zero-order chi connectivity index (χ0) is 13.2. The summed E-state index contributed by atoms with van der Waals surface area (Å²) in [5.41, 5.74) is 0.760. The predicted octanol–water partition coefficient (Wildman–Crippen LogP) is 2.12. The van der Waals surface area contributed by atoms with Gasteiger partial charge in [0, 0.05) is 6.26 Å². The van der Waals surface area contributed by atoms with Crippen molar-refractivity contribution in [1.82, 2.24) is 0 Å². The number of sulfone groups is 1. The molecule has 0 radical (unpaired) electrons. The van der Waals surface area contributed by atoms with Crippen LogP contribution in [0.4, 0.5) is 0 Å². The molecule has 17 heavy (non-hydrogen) atoms. The number of rotatable bonds is 4. The molecule has 0 amide bonds. The van der Waals surface area contributed by atoms with E-state index in [1.165, 1.54) is 12.1 Å². The zero-order valence-electron chi connectivity index (χ0n) is 10.1. The summed E-state index contributed by atoms with van der Waals surface area (Å²) in [6.07, 6.45) is 2.30. The quantitative estimate of drug-likeness (QED) is 0.838. The van der Waals surface area contributed by atoms with Crippen molar-refractivity contribution in [1.29, 1.82) is 0 Å². The number of aromatic hydroxyl groups is 1. The molecule has 0 aliphatic heterocycles. The highest BCUT2D eigenvalue weighted by Gasteiger charge is 2.19. The average molecular weight is 256 g/mol. The fraction of sp³-hybridized carbons (Fsp3) is 0.417. The molecule has 1 N–H and O–H groups in total. The summed E-state index contributed by atoms with van der Waals surface area (Å²) in [4.78, 5) is 10.6. The van der Waals surface area contributed by atoms with Crippen molar-refractivity contribution < 1.29 is 18.3 Å². The summed E-state index contributed by atoms with van der Waals surface area (Å²) >= 11 is 0. The van der Waals surface area contributed by atoms with Crippen LogP contribution >= 0.6 is 0 Å². The molecule has 4 nitrogen and oxygen atoms in total. The highest BCUT2D eigenvalue weighted by molar-refractivity contribution is 7.90. The van der Waals surface area contributed by atoms with Crippen LogP contribution in [0.2, 0.25) is 0 Å². The van der Waals surface area contributed by atoms with E-state index in [0.29, 0.717) is 6.29 Å². The van der Waals surface area contributed by atoms with Crippen LogP contribution in [0.1, 0.15) is 42.1 Å². The van der Waals surface area contributed by atoms with Gasteiger partial charge in [-0.25, -0.2) is 8.42 Å². The van der Waals surface area contributed by atoms with E-state index in [-0.39, 0.29) is 16.4 Å². The molecule has 1 atom stereocenters. The lowest BCUT2D eigenvalue weighted by Gasteiger charge is -2.13. The fourth-order valence-electron chi connectivity index (χ4n) is 1.54. The lowest BCUT2D eigenvalue weighted by Crippen LogP contribution is -2.03. The Morgan fingerprint density at radius 1 is 1.41 bits per heavy atom. The molecule has 0 fully saturated rings. The Labute approximate surface area is 101 Å². The Balaban J connectivity index is 3.55. The van der Waals surface area contributed by atoms with Crippen LogP contribution < -0.4 is 0 Å². The van der Waals surface area contributed by atoms with Crippen molar-refractivity contribution in [3.63, 3.8) is 0 Å². The molecule has 0 saturated heterocycles. The third-order valence-corrected chi connectivity index (χ3v) is 3.94. The van der Waals surface area contributed by atoms with Gasteiger partial charge in [-0.15, -0.1) is 0 Å². The minimum atomic E-state index is -3.54. The van der Waals surface area contributed by atoms with Gasteiger partial charge in [-0.2, -0.15) is 0 Å². The van der Waals surface area contributed by atoms with Gasteiger partial charge in [0.15, 0.2) is 16.1 Å². The second-order valence-corrected chi connectivity index (χ2v) is 6.14. The van der Waals surface area contributed by atoms with Gasteiger partial charge in [0.05, 0.1) is 5.56 Å². The Bertz CT molecular complexity index is 532. The highest BCUT2D eigenvalue weighted by Crippen LogP contribution is 2.31. The molecular weight excluding hydrogens is 240 g/mol. The predicted molar refractivity (Wildman–Crippen MR) is 65.3 cm³/mol. The van der Waals surface area contributed by atoms with Crippen molar-refractivity contribution in [2.75, 3.05) is 6.26 Å². The van der Waals surface area contributed by atoms with Gasteiger partial charge in [-0.1, -0.05) is 13.8 Å². The van der Waals surface area contributed by atoms with Gasteiger partial charge in [0.1, 0.15) is 10.6 Å². The number of carbonyl (C=O) groups is 1. The van der Waals surface area contributed by atoms with Gasteiger partial charge in [-0.05, 0) is 30.0 Å². The van der Waals surface area contributed by atoms with Gasteiger partial charge < -0.3 is 5.11 Å². The van der Waals surface area contributed by atoms with Gasteiger partial charge in [0.25, 0.3) is 0 Å². The molecule has 0 spiro atoms. The van der Waals surface area contributed by atoms with Crippen LogP contribution in [-0.2, 0) is 9.84 Å². The van der Waals surface area contributed by atoms with Crippen LogP contribution in [0.15, 0.2) is 17.0 Å². The summed E-state index contributed by atoms with van der Waals surface area (Å²) in [5.74, 6) is -0.329. The molecule has 5 heteroatoms. The standard InChI is InChI=1S/C12H16O4S/c1-4-8(2)9-5-10(7-13)12(14)11(6-9)17(3,15)16/h5-8,14H,4H2,1-3H3. The molecule has 1 aromatic rings. The Morgan fingerprint density at radius 3 is 2.41 bits per heavy atom. The summed E-state index contributed by atoms with van der Waals surface area (Å²) in [6, 6.07) is 2.97. The van der Waals surface area contributed by atoms with Crippen LogP contribution in [0.3, 0.4) is 0 Å². The molecular formula is C12H16O4S. The first-order valence-corrected chi connectivity index (χ1v) is 7.22. The lowest BCUT2D eigenvalue weighted by molar-refractivity contribution is 0.112. The number of carbonyl (C=O) groups excluding carboxylic acids is 1. The fourth-order valence-corrected chi connectivity index (χ4v) is 2.36.